The Balaban J connectivity index is 2.50. The lowest BCUT2D eigenvalue weighted by atomic mass is 9.74. The second-order valence-electron chi connectivity index (χ2n) is 5.37. The summed E-state index contributed by atoms with van der Waals surface area (Å²) in [5.74, 6) is -0.581. The van der Waals surface area contributed by atoms with Crippen LogP contribution in [-0.4, -0.2) is 16.1 Å². The Hall–Kier alpha value is -1.16. The summed E-state index contributed by atoms with van der Waals surface area (Å²) >= 11 is 3.54. The summed E-state index contributed by atoms with van der Waals surface area (Å²) in [4.78, 5) is 24.7. The molecule has 1 aromatic carbocycles. The molecule has 0 radical (unpaired) electrons. The average Bonchev–Trinajstić information content (AvgIpc) is 2.42. The second kappa shape index (κ2) is 4.75. The van der Waals surface area contributed by atoms with Crippen molar-refractivity contribution in [2.75, 3.05) is 0 Å². The summed E-state index contributed by atoms with van der Waals surface area (Å²) in [5, 5.41) is 0. The van der Waals surface area contributed by atoms with Crippen molar-refractivity contribution >= 4 is 27.7 Å². The number of carbonyl (C=O) groups is 2. The standard InChI is InChI=1S/C15H17BrO3/c1-4-15(16)11(10-8-6-5-7-9-10)19-13(18)14(2,3)12(15)17/h5-9,11H,4H2,1-3H3. The fourth-order valence-corrected chi connectivity index (χ4v) is 3.24. The Morgan fingerprint density at radius 2 is 1.79 bits per heavy atom. The van der Waals surface area contributed by atoms with Crippen molar-refractivity contribution in [3.05, 3.63) is 35.9 Å². The number of Topliss-reactive ketones (excluding diaryl/α,β-unsaturated/α-hetero) is 1. The third kappa shape index (κ3) is 2.12. The molecule has 0 spiro atoms. The lowest BCUT2D eigenvalue weighted by molar-refractivity contribution is -0.176. The zero-order valence-corrected chi connectivity index (χ0v) is 12.9. The fourth-order valence-electron chi connectivity index (χ4n) is 2.39. The molecule has 0 amide bonds. The maximum absolute atomic E-state index is 12.6. The summed E-state index contributed by atoms with van der Waals surface area (Å²) in [6.07, 6.45) is -0.0195. The highest BCUT2D eigenvalue weighted by Crippen LogP contribution is 2.49. The van der Waals surface area contributed by atoms with Crippen molar-refractivity contribution in [1.29, 1.82) is 0 Å². The normalized spacial score (nSPS) is 30.0. The van der Waals surface area contributed by atoms with Gasteiger partial charge >= 0.3 is 5.97 Å². The maximum Gasteiger partial charge on any atom is 0.319 e. The Morgan fingerprint density at radius 3 is 2.32 bits per heavy atom. The Bertz CT molecular complexity index is 509. The molecule has 3 nitrogen and oxygen atoms in total. The van der Waals surface area contributed by atoms with E-state index in [-0.39, 0.29) is 5.78 Å². The molecule has 0 N–H and O–H groups in total. The number of ketones is 1. The van der Waals surface area contributed by atoms with Crippen LogP contribution < -0.4 is 0 Å². The van der Waals surface area contributed by atoms with Crippen LogP contribution in [0, 0.1) is 5.41 Å². The summed E-state index contributed by atoms with van der Waals surface area (Å²) in [7, 11) is 0. The van der Waals surface area contributed by atoms with Gasteiger partial charge < -0.3 is 4.74 Å². The number of halogens is 1. The van der Waals surface area contributed by atoms with Crippen LogP contribution in [0.4, 0.5) is 0 Å². The van der Waals surface area contributed by atoms with Gasteiger partial charge in [-0.3, -0.25) is 9.59 Å². The highest BCUT2D eigenvalue weighted by atomic mass is 79.9. The second-order valence-corrected chi connectivity index (χ2v) is 6.78. The van der Waals surface area contributed by atoms with Crippen LogP contribution in [0.1, 0.15) is 38.9 Å². The molecule has 102 valence electrons. The molecule has 2 atom stereocenters. The van der Waals surface area contributed by atoms with Crippen molar-refractivity contribution in [3.8, 4) is 0 Å². The number of hydrogen-bond acceptors (Lipinski definition) is 3. The van der Waals surface area contributed by atoms with E-state index < -0.39 is 21.8 Å². The minimum Gasteiger partial charge on any atom is -0.455 e. The van der Waals surface area contributed by atoms with E-state index in [0.717, 1.165) is 5.56 Å². The molecule has 1 aliphatic rings. The van der Waals surface area contributed by atoms with Gasteiger partial charge in [0.05, 0.1) is 0 Å². The van der Waals surface area contributed by atoms with Crippen molar-refractivity contribution < 1.29 is 14.3 Å². The Kier molecular flexibility index (Phi) is 3.56. The number of rotatable bonds is 2. The molecule has 0 aromatic heterocycles. The Morgan fingerprint density at radius 1 is 1.21 bits per heavy atom. The van der Waals surface area contributed by atoms with Crippen molar-refractivity contribution in [1.82, 2.24) is 0 Å². The minimum atomic E-state index is -1.11. The number of carbonyl (C=O) groups excluding carboxylic acids is 2. The molecular weight excluding hydrogens is 308 g/mol. The van der Waals surface area contributed by atoms with Crippen LogP contribution in [0.2, 0.25) is 0 Å². The van der Waals surface area contributed by atoms with Crippen LogP contribution >= 0.6 is 15.9 Å². The Labute approximate surface area is 121 Å². The lowest BCUT2D eigenvalue weighted by Gasteiger charge is -2.43. The number of esters is 1. The lowest BCUT2D eigenvalue weighted by Crippen LogP contribution is -2.55. The number of benzene rings is 1. The number of cyclic esters (lactones) is 1. The van der Waals surface area contributed by atoms with Gasteiger partial charge in [0.25, 0.3) is 0 Å². The van der Waals surface area contributed by atoms with E-state index >= 15 is 0 Å². The molecule has 1 aromatic rings. The van der Waals surface area contributed by atoms with E-state index in [1.165, 1.54) is 0 Å². The van der Waals surface area contributed by atoms with Gasteiger partial charge in [-0.05, 0) is 25.8 Å². The predicted molar refractivity (Wildman–Crippen MR) is 76.0 cm³/mol. The third-order valence-corrected chi connectivity index (χ3v) is 5.05. The van der Waals surface area contributed by atoms with E-state index in [4.69, 9.17) is 4.74 Å². The van der Waals surface area contributed by atoms with E-state index in [0.29, 0.717) is 6.42 Å². The molecule has 1 heterocycles. The molecule has 4 heteroatoms. The van der Waals surface area contributed by atoms with Gasteiger partial charge in [0.15, 0.2) is 5.78 Å². The predicted octanol–water partition coefficient (Wildman–Crippen LogP) is 3.42. The zero-order chi connectivity index (χ0) is 14.3. The monoisotopic (exact) mass is 324 g/mol. The molecular formula is C15H17BrO3. The summed E-state index contributed by atoms with van der Waals surface area (Å²) in [6, 6.07) is 9.37. The van der Waals surface area contributed by atoms with Gasteiger partial charge in [0.2, 0.25) is 0 Å². The first-order valence-corrected chi connectivity index (χ1v) is 7.13. The molecule has 2 rings (SSSR count). The van der Waals surface area contributed by atoms with E-state index in [9.17, 15) is 9.59 Å². The molecule has 2 unspecified atom stereocenters. The molecule has 0 bridgehead atoms. The van der Waals surface area contributed by atoms with E-state index in [2.05, 4.69) is 15.9 Å². The largest absolute Gasteiger partial charge is 0.455 e. The fraction of sp³-hybridized carbons (Fsp3) is 0.467. The van der Waals surface area contributed by atoms with Crippen molar-refractivity contribution in [3.63, 3.8) is 0 Å². The maximum atomic E-state index is 12.6. The topological polar surface area (TPSA) is 43.4 Å². The van der Waals surface area contributed by atoms with Crippen LogP contribution in [0.15, 0.2) is 30.3 Å². The van der Waals surface area contributed by atoms with Gasteiger partial charge in [-0.15, -0.1) is 0 Å². The van der Waals surface area contributed by atoms with Crippen molar-refractivity contribution in [2.24, 2.45) is 5.41 Å². The summed E-state index contributed by atoms with van der Waals surface area (Å²) in [5.41, 5.74) is -0.274. The summed E-state index contributed by atoms with van der Waals surface area (Å²) < 4.78 is 4.70. The van der Waals surface area contributed by atoms with Gasteiger partial charge in [0.1, 0.15) is 15.8 Å². The quantitative estimate of drug-likeness (QED) is 0.475. The molecule has 1 aliphatic heterocycles. The third-order valence-electron chi connectivity index (χ3n) is 3.71. The molecule has 0 saturated carbocycles. The van der Waals surface area contributed by atoms with Gasteiger partial charge in [-0.2, -0.15) is 0 Å². The minimum absolute atomic E-state index is 0.118. The van der Waals surface area contributed by atoms with Crippen molar-refractivity contribution in [2.45, 2.75) is 37.6 Å². The average molecular weight is 325 g/mol. The van der Waals surface area contributed by atoms with Crippen LogP contribution in [0.25, 0.3) is 0 Å². The highest BCUT2D eigenvalue weighted by molar-refractivity contribution is 9.10. The summed E-state index contributed by atoms with van der Waals surface area (Å²) in [6.45, 7) is 5.15. The SMILES string of the molecule is CCC1(Br)C(=O)C(C)(C)C(=O)OC1c1ccccc1. The van der Waals surface area contributed by atoms with E-state index in [1.807, 2.05) is 37.3 Å². The van der Waals surface area contributed by atoms with Gasteiger partial charge in [-0.1, -0.05) is 53.2 Å². The first-order valence-electron chi connectivity index (χ1n) is 6.34. The number of alkyl halides is 1. The van der Waals surface area contributed by atoms with E-state index in [1.54, 1.807) is 13.8 Å². The van der Waals surface area contributed by atoms with Crippen LogP contribution in [0.5, 0.6) is 0 Å². The number of ether oxygens (including phenoxy) is 1. The van der Waals surface area contributed by atoms with Gasteiger partial charge in [-0.25, -0.2) is 0 Å². The first-order chi connectivity index (χ1) is 8.84. The smallest absolute Gasteiger partial charge is 0.319 e. The van der Waals surface area contributed by atoms with Crippen LogP contribution in [0.3, 0.4) is 0 Å². The zero-order valence-electron chi connectivity index (χ0n) is 11.3. The highest BCUT2D eigenvalue weighted by Gasteiger charge is 2.58. The van der Waals surface area contributed by atoms with Gasteiger partial charge in [0, 0.05) is 0 Å². The number of hydrogen-bond donors (Lipinski definition) is 0. The van der Waals surface area contributed by atoms with Crippen LogP contribution in [-0.2, 0) is 14.3 Å². The molecule has 1 fully saturated rings. The molecule has 0 aliphatic carbocycles. The molecule has 1 saturated heterocycles. The first kappa shape index (κ1) is 14.3. The molecule has 19 heavy (non-hydrogen) atoms.